The van der Waals surface area contributed by atoms with Gasteiger partial charge < -0.3 is 4.98 Å². The van der Waals surface area contributed by atoms with Crippen LogP contribution >= 0.6 is 11.8 Å². The maximum absolute atomic E-state index is 13.4. The van der Waals surface area contributed by atoms with Crippen LogP contribution in [0.5, 0.6) is 0 Å². The van der Waals surface area contributed by atoms with E-state index in [4.69, 9.17) is 4.98 Å². The molecule has 0 aliphatic heterocycles. The van der Waals surface area contributed by atoms with Crippen molar-refractivity contribution >= 4 is 34.2 Å². The molecule has 8 heteroatoms. The largest absolute Gasteiger partial charge is 0.355 e. The number of fused-ring (bicyclic) bond motifs is 1. The van der Waals surface area contributed by atoms with Gasteiger partial charge in [0, 0.05) is 17.5 Å². The first-order chi connectivity index (χ1) is 15.7. The lowest BCUT2D eigenvalue weighted by Gasteiger charge is -2.15. The maximum atomic E-state index is 13.4. The predicted molar refractivity (Wildman–Crippen MR) is 130 cm³/mol. The van der Waals surface area contributed by atoms with Crippen molar-refractivity contribution in [2.75, 3.05) is 0 Å². The molecule has 168 valence electrons. The molecular formula is C25H24N4O3S. The minimum atomic E-state index is -0.564. The van der Waals surface area contributed by atoms with Gasteiger partial charge in [0.15, 0.2) is 16.7 Å². The summed E-state index contributed by atoms with van der Waals surface area (Å²) >= 11 is 1.19. The summed E-state index contributed by atoms with van der Waals surface area (Å²) in [6.07, 6.45) is 1.64. The molecule has 1 aromatic carbocycles. The molecule has 0 aliphatic rings. The highest BCUT2D eigenvalue weighted by Crippen LogP contribution is 2.28. The molecule has 3 heterocycles. The fourth-order valence-corrected chi connectivity index (χ4v) is 4.95. The third-order valence-corrected chi connectivity index (χ3v) is 6.61. The summed E-state index contributed by atoms with van der Waals surface area (Å²) in [5.74, 6) is 0.196. The number of rotatable bonds is 6. The standard InChI is InChI=1S/C25H24N4O3S/c1-13-10-11-26-20(12-13)29-24(32)18-8-6-7-9-19(18)28-25(29)33-17(5)23(31)22-14(2)21(16(4)30)15(3)27-22/h6-12,17,27H,1-5H3. The van der Waals surface area contributed by atoms with Gasteiger partial charge in [-0.25, -0.2) is 14.5 Å². The van der Waals surface area contributed by atoms with Crippen molar-refractivity contribution in [2.24, 2.45) is 0 Å². The summed E-state index contributed by atoms with van der Waals surface area (Å²) in [6.45, 7) is 8.73. The third-order valence-electron chi connectivity index (χ3n) is 5.56. The summed E-state index contributed by atoms with van der Waals surface area (Å²) in [6, 6.07) is 10.8. The molecule has 1 N–H and O–H groups in total. The van der Waals surface area contributed by atoms with Gasteiger partial charge in [-0.1, -0.05) is 23.9 Å². The number of ketones is 2. The van der Waals surface area contributed by atoms with Crippen LogP contribution in [0.15, 0.2) is 52.5 Å². The molecule has 7 nitrogen and oxygen atoms in total. The number of nitrogens with one attached hydrogen (secondary N) is 1. The normalized spacial score (nSPS) is 12.2. The zero-order chi connectivity index (χ0) is 23.9. The molecule has 0 radical (unpaired) electrons. The molecule has 0 saturated heterocycles. The molecule has 4 aromatic rings. The number of hydrogen-bond acceptors (Lipinski definition) is 6. The molecule has 4 rings (SSSR count). The Morgan fingerprint density at radius 2 is 1.85 bits per heavy atom. The summed E-state index contributed by atoms with van der Waals surface area (Å²) < 4.78 is 1.46. The first-order valence-corrected chi connectivity index (χ1v) is 11.4. The van der Waals surface area contributed by atoms with Gasteiger partial charge >= 0.3 is 0 Å². The number of carbonyl (C=O) groups is 2. The smallest absolute Gasteiger partial charge is 0.267 e. The predicted octanol–water partition coefficient (Wildman–Crippen LogP) is 4.60. The molecular weight excluding hydrogens is 436 g/mol. The number of carbonyl (C=O) groups excluding carboxylic acids is 2. The third kappa shape index (κ3) is 4.14. The Labute approximate surface area is 195 Å². The quantitative estimate of drug-likeness (QED) is 0.257. The van der Waals surface area contributed by atoms with Crippen molar-refractivity contribution in [1.29, 1.82) is 0 Å². The minimum Gasteiger partial charge on any atom is -0.355 e. The lowest BCUT2D eigenvalue weighted by atomic mass is 10.0. The number of pyridine rings is 1. The first-order valence-electron chi connectivity index (χ1n) is 10.5. The summed E-state index contributed by atoms with van der Waals surface area (Å²) in [4.78, 5) is 50.8. The highest BCUT2D eigenvalue weighted by Gasteiger charge is 2.26. The molecule has 3 aromatic heterocycles. The van der Waals surface area contributed by atoms with Gasteiger partial charge in [-0.2, -0.15) is 0 Å². The van der Waals surface area contributed by atoms with Crippen molar-refractivity contribution in [3.05, 3.63) is 81.0 Å². The van der Waals surface area contributed by atoms with Gasteiger partial charge in [0.05, 0.1) is 21.8 Å². The minimum absolute atomic E-state index is 0.0869. The molecule has 0 saturated carbocycles. The van der Waals surface area contributed by atoms with Crippen LogP contribution in [0.3, 0.4) is 0 Å². The second-order valence-corrected chi connectivity index (χ2v) is 9.36. The molecule has 1 atom stereocenters. The fourth-order valence-electron chi connectivity index (χ4n) is 3.98. The van der Waals surface area contributed by atoms with Crippen molar-refractivity contribution in [2.45, 2.75) is 45.0 Å². The van der Waals surface area contributed by atoms with Crippen LogP contribution in [0.2, 0.25) is 0 Å². The fraction of sp³-hybridized carbons (Fsp3) is 0.240. The zero-order valence-corrected chi connectivity index (χ0v) is 19.9. The lowest BCUT2D eigenvalue weighted by molar-refractivity contribution is 0.0988. The number of Topliss-reactive ketones (excluding diaryl/α,β-unsaturated/α-hetero) is 2. The molecule has 33 heavy (non-hydrogen) atoms. The maximum Gasteiger partial charge on any atom is 0.267 e. The number of nitrogens with zero attached hydrogens (tertiary/aromatic N) is 3. The number of aromatic amines is 1. The summed E-state index contributed by atoms with van der Waals surface area (Å²) in [5.41, 5.74) is 3.52. The van der Waals surface area contributed by atoms with E-state index in [1.165, 1.54) is 23.3 Å². The monoisotopic (exact) mass is 460 g/mol. The SMILES string of the molecule is CC(=O)c1c(C)[nH]c(C(=O)C(C)Sc2nc3ccccc3c(=O)n2-c2cc(C)ccn2)c1C. The van der Waals surface area contributed by atoms with E-state index < -0.39 is 5.25 Å². The average molecular weight is 461 g/mol. The molecule has 0 amide bonds. The van der Waals surface area contributed by atoms with E-state index in [0.717, 1.165) is 5.56 Å². The topological polar surface area (TPSA) is 97.7 Å². The van der Waals surface area contributed by atoms with Crippen molar-refractivity contribution in [3.63, 3.8) is 0 Å². The Balaban J connectivity index is 1.81. The van der Waals surface area contributed by atoms with E-state index in [9.17, 15) is 14.4 Å². The Kier molecular flexibility index (Phi) is 6.03. The number of H-pyrrole nitrogens is 1. The number of thioether (sulfide) groups is 1. The average Bonchev–Trinajstić information content (AvgIpc) is 3.07. The highest BCUT2D eigenvalue weighted by molar-refractivity contribution is 8.00. The van der Waals surface area contributed by atoms with Crippen LogP contribution in [-0.2, 0) is 0 Å². The second-order valence-electron chi connectivity index (χ2n) is 8.05. The van der Waals surface area contributed by atoms with Crippen molar-refractivity contribution in [1.82, 2.24) is 19.5 Å². The Morgan fingerprint density at radius 1 is 1.12 bits per heavy atom. The number of benzene rings is 1. The van der Waals surface area contributed by atoms with Gasteiger partial charge in [-0.3, -0.25) is 14.4 Å². The van der Waals surface area contributed by atoms with Gasteiger partial charge in [0.2, 0.25) is 0 Å². The summed E-state index contributed by atoms with van der Waals surface area (Å²) in [5, 5.41) is 0.294. The van der Waals surface area contributed by atoms with E-state index in [2.05, 4.69) is 9.97 Å². The van der Waals surface area contributed by atoms with Crippen LogP contribution < -0.4 is 5.56 Å². The molecule has 0 aliphatic carbocycles. The van der Waals surface area contributed by atoms with Crippen LogP contribution in [0.1, 0.15) is 51.5 Å². The van der Waals surface area contributed by atoms with Gasteiger partial charge in [0.25, 0.3) is 5.56 Å². The molecule has 0 bridgehead atoms. The number of para-hydroxylation sites is 1. The Bertz CT molecular complexity index is 1470. The van der Waals surface area contributed by atoms with Crippen LogP contribution in [-0.4, -0.2) is 36.3 Å². The Morgan fingerprint density at radius 3 is 2.52 bits per heavy atom. The second kappa shape index (κ2) is 8.78. The summed E-state index contributed by atoms with van der Waals surface area (Å²) in [7, 11) is 0. The van der Waals surface area contributed by atoms with Gasteiger partial charge in [-0.05, 0) is 70.0 Å². The van der Waals surface area contributed by atoms with E-state index in [1.54, 1.807) is 45.2 Å². The molecule has 1 unspecified atom stereocenters. The lowest BCUT2D eigenvalue weighted by Crippen LogP contribution is -2.24. The number of aromatic nitrogens is 4. The number of hydrogen-bond donors (Lipinski definition) is 1. The van der Waals surface area contributed by atoms with Crippen LogP contribution in [0.4, 0.5) is 0 Å². The van der Waals surface area contributed by atoms with Crippen LogP contribution in [0, 0.1) is 20.8 Å². The van der Waals surface area contributed by atoms with Gasteiger partial charge in [-0.15, -0.1) is 0 Å². The van der Waals surface area contributed by atoms with E-state index in [-0.39, 0.29) is 17.1 Å². The van der Waals surface area contributed by atoms with E-state index >= 15 is 0 Å². The first kappa shape index (κ1) is 22.7. The van der Waals surface area contributed by atoms with E-state index in [0.29, 0.717) is 44.4 Å². The van der Waals surface area contributed by atoms with E-state index in [1.807, 2.05) is 25.1 Å². The van der Waals surface area contributed by atoms with Crippen LogP contribution in [0.25, 0.3) is 16.7 Å². The molecule has 0 spiro atoms. The van der Waals surface area contributed by atoms with Crippen molar-refractivity contribution < 1.29 is 9.59 Å². The van der Waals surface area contributed by atoms with Crippen molar-refractivity contribution in [3.8, 4) is 5.82 Å². The Hall–Kier alpha value is -3.52. The zero-order valence-electron chi connectivity index (χ0n) is 19.1. The number of aryl methyl sites for hydroxylation is 2. The molecule has 0 fully saturated rings. The highest BCUT2D eigenvalue weighted by atomic mass is 32.2. The van der Waals surface area contributed by atoms with Gasteiger partial charge in [0.1, 0.15) is 5.82 Å².